The number of halogens is 1. The maximum absolute atomic E-state index is 13.1. The lowest BCUT2D eigenvalue weighted by Crippen LogP contribution is -2.07. The maximum Gasteiger partial charge on any atom is 0.243 e. The van der Waals surface area contributed by atoms with E-state index in [9.17, 15) is 4.39 Å². The lowest BCUT2D eigenvalue weighted by Gasteiger charge is -2.07. The second-order valence-corrected chi connectivity index (χ2v) is 5.53. The van der Waals surface area contributed by atoms with Crippen LogP contribution >= 0.6 is 11.3 Å². The molecule has 0 aliphatic carbocycles. The van der Waals surface area contributed by atoms with Crippen LogP contribution in [0.2, 0.25) is 0 Å². The highest BCUT2D eigenvalue weighted by Crippen LogP contribution is 2.22. The summed E-state index contributed by atoms with van der Waals surface area (Å²) < 4.78 is 14.5. The number of pyridine rings is 1. The number of hydrogen-bond donors (Lipinski definition) is 1. The lowest BCUT2D eigenvalue weighted by atomic mass is 10.4. The number of rotatable bonds is 3. The van der Waals surface area contributed by atoms with Gasteiger partial charge in [-0.2, -0.15) is 4.98 Å². The molecule has 0 bridgehead atoms. The Morgan fingerprint density at radius 1 is 1.42 bits per heavy atom. The summed E-state index contributed by atoms with van der Waals surface area (Å²) in [5.74, 6) is 0.124. The van der Waals surface area contributed by atoms with Gasteiger partial charge in [-0.25, -0.2) is 13.9 Å². The fourth-order valence-corrected chi connectivity index (χ4v) is 2.52. The molecule has 0 radical (unpaired) electrons. The molecule has 1 N–H and O–H groups in total. The molecule has 3 aromatic rings. The van der Waals surface area contributed by atoms with Gasteiger partial charge < -0.3 is 5.32 Å². The third kappa shape index (κ3) is 2.41. The molecule has 1 unspecified atom stereocenters. The van der Waals surface area contributed by atoms with Gasteiger partial charge in [0.25, 0.3) is 0 Å². The van der Waals surface area contributed by atoms with Gasteiger partial charge in [0.2, 0.25) is 5.95 Å². The zero-order chi connectivity index (χ0) is 13.4. The topological polar surface area (TPSA) is 55.1 Å². The Morgan fingerprint density at radius 3 is 3.00 bits per heavy atom. The van der Waals surface area contributed by atoms with Gasteiger partial charge in [0.05, 0.1) is 12.2 Å². The first-order valence-electron chi connectivity index (χ1n) is 5.82. The van der Waals surface area contributed by atoms with Crippen LogP contribution in [0.4, 0.5) is 10.3 Å². The van der Waals surface area contributed by atoms with Gasteiger partial charge in [0.15, 0.2) is 5.65 Å². The first-order valence-corrected chi connectivity index (χ1v) is 6.64. The summed E-state index contributed by atoms with van der Waals surface area (Å²) in [6.45, 7) is 4.00. The molecule has 19 heavy (non-hydrogen) atoms. The van der Waals surface area contributed by atoms with Crippen molar-refractivity contribution in [2.75, 3.05) is 5.32 Å². The molecule has 0 fully saturated rings. The zero-order valence-electron chi connectivity index (χ0n) is 10.5. The van der Waals surface area contributed by atoms with Gasteiger partial charge in [-0.1, -0.05) is 0 Å². The van der Waals surface area contributed by atoms with Crippen LogP contribution in [0.5, 0.6) is 0 Å². The van der Waals surface area contributed by atoms with E-state index in [-0.39, 0.29) is 11.9 Å². The number of aromatic nitrogens is 4. The summed E-state index contributed by atoms with van der Waals surface area (Å²) in [5, 5.41) is 8.31. The van der Waals surface area contributed by atoms with Crippen LogP contribution < -0.4 is 5.32 Å². The van der Waals surface area contributed by atoms with E-state index in [1.165, 1.54) is 16.8 Å². The highest BCUT2D eigenvalue weighted by atomic mass is 32.1. The van der Waals surface area contributed by atoms with Crippen LogP contribution in [-0.2, 0) is 0 Å². The van der Waals surface area contributed by atoms with Crippen LogP contribution in [0.25, 0.3) is 5.65 Å². The number of thiazole rings is 1. The average molecular weight is 277 g/mol. The molecule has 5 nitrogen and oxygen atoms in total. The summed E-state index contributed by atoms with van der Waals surface area (Å²) in [4.78, 5) is 9.75. The summed E-state index contributed by atoms with van der Waals surface area (Å²) >= 11 is 1.63. The largest absolute Gasteiger partial charge is 0.344 e. The van der Waals surface area contributed by atoms with E-state index in [0.717, 1.165) is 9.88 Å². The van der Waals surface area contributed by atoms with Crippen molar-refractivity contribution in [3.63, 3.8) is 0 Å². The van der Waals surface area contributed by atoms with E-state index < -0.39 is 0 Å². The third-order valence-electron chi connectivity index (χ3n) is 2.65. The van der Waals surface area contributed by atoms with Crippen LogP contribution in [0, 0.1) is 12.7 Å². The molecule has 0 aliphatic heterocycles. The van der Waals surface area contributed by atoms with E-state index in [1.54, 1.807) is 17.4 Å². The van der Waals surface area contributed by atoms with E-state index >= 15 is 0 Å². The Hall–Kier alpha value is -2.02. The molecule has 7 heteroatoms. The fourth-order valence-electron chi connectivity index (χ4n) is 1.75. The Labute approximate surface area is 113 Å². The highest BCUT2D eigenvalue weighted by Gasteiger charge is 2.12. The standard InChI is InChI=1S/C12H12FN5S/c1-7-5-14-11(19-7)8(2)15-12-16-10-4-3-9(13)6-18(10)17-12/h3-6,8H,1-2H3,(H,15,17). The van der Waals surface area contributed by atoms with Gasteiger partial charge in [-0.3, -0.25) is 0 Å². The number of nitrogens with zero attached hydrogens (tertiary/aromatic N) is 4. The maximum atomic E-state index is 13.1. The first-order chi connectivity index (χ1) is 9.11. The SMILES string of the molecule is Cc1cnc(C(C)Nc2nc3ccc(F)cn3n2)s1. The Morgan fingerprint density at radius 2 is 2.26 bits per heavy atom. The number of hydrogen-bond acceptors (Lipinski definition) is 5. The molecule has 98 valence electrons. The van der Waals surface area contributed by atoms with E-state index in [1.807, 2.05) is 20.0 Å². The Kier molecular flexibility index (Phi) is 2.90. The van der Waals surface area contributed by atoms with Gasteiger partial charge in [0, 0.05) is 11.1 Å². The van der Waals surface area contributed by atoms with Crippen molar-refractivity contribution >= 4 is 22.9 Å². The van der Waals surface area contributed by atoms with E-state index in [0.29, 0.717) is 11.6 Å². The van der Waals surface area contributed by atoms with Crippen molar-refractivity contribution in [3.8, 4) is 0 Å². The quantitative estimate of drug-likeness (QED) is 0.800. The normalized spacial score (nSPS) is 12.8. The predicted octanol–water partition coefficient (Wildman–Crippen LogP) is 2.81. The minimum atomic E-state index is -0.340. The summed E-state index contributed by atoms with van der Waals surface area (Å²) in [6, 6.07) is 2.97. The van der Waals surface area contributed by atoms with Crippen LogP contribution in [0.1, 0.15) is 22.9 Å². The summed E-state index contributed by atoms with van der Waals surface area (Å²) in [5.41, 5.74) is 0.603. The number of fused-ring (bicyclic) bond motifs is 1. The van der Waals surface area contributed by atoms with Crippen molar-refractivity contribution < 1.29 is 4.39 Å². The molecule has 3 heterocycles. The monoisotopic (exact) mass is 277 g/mol. The fraction of sp³-hybridized carbons (Fsp3) is 0.250. The third-order valence-corrected chi connectivity index (χ3v) is 3.75. The highest BCUT2D eigenvalue weighted by molar-refractivity contribution is 7.11. The van der Waals surface area contributed by atoms with Crippen LogP contribution in [0.3, 0.4) is 0 Å². The Bertz CT molecular complexity index is 720. The minimum absolute atomic E-state index is 0.0148. The molecule has 1 atom stereocenters. The van der Waals surface area contributed by atoms with Gasteiger partial charge in [-0.05, 0) is 26.0 Å². The van der Waals surface area contributed by atoms with Crippen LogP contribution in [0.15, 0.2) is 24.5 Å². The number of nitrogens with one attached hydrogen (secondary N) is 1. The van der Waals surface area contributed by atoms with E-state index in [4.69, 9.17) is 0 Å². The second-order valence-electron chi connectivity index (χ2n) is 4.26. The second kappa shape index (κ2) is 4.58. The van der Waals surface area contributed by atoms with Crippen molar-refractivity contribution in [1.29, 1.82) is 0 Å². The first kappa shape index (κ1) is 12.0. The summed E-state index contributed by atoms with van der Waals surface area (Å²) in [7, 11) is 0. The van der Waals surface area contributed by atoms with Crippen molar-refractivity contribution in [2.45, 2.75) is 19.9 Å². The zero-order valence-corrected chi connectivity index (χ0v) is 11.3. The Balaban J connectivity index is 1.85. The van der Waals surface area contributed by atoms with Gasteiger partial charge in [0.1, 0.15) is 10.8 Å². The molecule has 0 saturated carbocycles. The molecule has 3 aromatic heterocycles. The predicted molar refractivity (Wildman–Crippen MR) is 71.8 cm³/mol. The molecular formula is C12H12FN5S. The van der Waals surface area contributed by atoms with Crippen molar-refractivity contribution in [2.24, 2.45) is 0 Å². The molecule has 0 aliphatic rings. The average Bonchev–Trinajstić information content (AvgIpc) is 2.94. The smallest absolute Gasteiger partial charge is 0.243 e. The molecule has 3 rings (SSSR count). The molecular weight excluding hydrogens is 265 g/mol. The van der Waals surface area contributed by atoms with Crippen LogP contribution in [-0.4, -0.2) is 19.6 Å². The number of aryl methyl sites for hydroxylation is 1. The lowest BCUT2D eigenvalue weighted by molar-refractivity contribution is 0.614. The minimum Gasteiger partial charge on any atom is -0.344 e. The molecule has 0 spiro atoms. The van der Waals surface area contributed by atoms with E-state index in [2.05, 4.69) is 20.4 Å². The van der Waals surface area contributed by atoms with Crippen molar-refractivity contribution in [3.05, 3.63) is 40.2 Å². The molecule has 0 aromatic carbocycles. The van der Waals surface area contributed by atoms with Gasteiger partial charge >= 0.3 is 0 Å². The molecule has 0 saturated heterocycles. The summed E-state index contributed by atoms with van der Waals surface area (Å²) in [6.07, 6.45) is 3.14. The van der Waals surface area contributed by atoms with Crippen molar-refractivity contribution in [1.82, 2.24) is 19.6 Å². The molecule has 0 amide bonds. The van der Waals surface area contributed by atoms with Gasteiger partial charge in [-0.15, -0.1) is 16.4 Å². The number of anilines is 1.